The van der Waals surface area contributed by atoms with Crippen LogP contribution in [0.4, 0.5) is 11.4 Å². The van der Waals surface area contributed by atoms with Crippen molar-refractivity contribution < 1.29 is 9.53 Å². The molecule has 1 amide bonds. The van der Waals surface area contributed by atoms with E-state index in [9.17, 15) is 4.79 Å². The second-order valence-corrected chi connectivity index (χ2v) is 11.2. The van der Waals surface area contributed by atoms with Crippen molar-refractivity contribution in [2.45, 2.75) is 33.3 Å². The molecular formula is C37H32N2O2S. The number of aryl methyl sites for hydroxylation is 2. The number of para-hydroxylation sites is 1. The summed E-state index contributed by atoms with van der Waals surface area (Å²) in [5.74, 6) is 0.628. The number of amides is 1. The molecule has 0 atom stereocenters. The van der Waals surface area contributed by atoms with Crippen molar-refractivity contribution in [3.63, 3.8) is 0 Å². The SMILES string of the molecule is CCc1ccc(N=C2S/C(=C\c3ccccc3OCc3ccc4ccccc4c3)C(=O)N2c2ccc(CC)cc2)cc1. The fourth-order valence-electron chi connectivity index (χ4n) is 4.94. The number of carbonyl (C=O) groups excluding carboxylic acids is 1. The highest BCUT2D eigenvalue weighted by Crippen LogP contribution is 2.38. The van der Waals surface area contributed by atoms with Gasteiger partial charge in [0.15, 0.2) is 5.17 Å². The second kappa shape index (κ2) is 12.5. The molecule has 1 heterocycles. The summed E-state index contributed by atoms with van der Waals surface area (Å²) in [6.07, 6.45) is 3.82. The van der Waals surface area contributed by atoms with Crippen LogP contribution in [0.5, 0.6) is 5.75 Å². The number of thioether (sulfide) groups is 1. The van der Waals surface area contributed by atoms with Crippen LogP contribution >= 0.6 is 11.8 Å². The number of hydrogen-bond acceptors (Lipinski definition) is 4. The van der Waals surface area contributed by atoms with Gasteiger partial charge in [-0.15, -0.1) is 0 Å². The monoisotopic (exact) mass is 568 g/mol. The fraction of sp³-hybridized carbons (Fsp3) is 0.135. The van der Waals surface area contributed by atoms with Gasteiger partial charge in [0.2, 0.25) is 0 Å². The van der Waals surface area contributed by atoms with Crippen molar-refractivity contribution in [3.8, 4) is 5.75 Å². The number of aliphatic imine (C=N–C) groups is 1. The summed E-state index contributed by atoms with van der Waals surface area (Å²) in [5, 5.41) is 3.02. The molecule has 0 aromatic heterocycles. The Morgan fingerprint density at radius 3 is 2.12 bits per heavy atom. The fourth-order valence-corrected chi connectivity index (χ4v) is 5.93. The van der Waals surface area contributed by atoms with Crippen molar-refractivity contribution in [1.82, 2.24) is 0 Å². The lowest BCUT2D eigenvalue weighted by Gasteiger charge is -2.16. The predicted molar refractivity (Wildman–Crippen MR) is 177 cm³/mol. The molecule has 1 saturated heterocycles. The Hall–Kier alpha value is -4.61. The molecule has 4 nitrogen and oxygen atoms in total. The quantitative estimate of drug-likeness (QED) is 0.175. The Morgan fingerprint density at radius 1 is 0.738 bits per heavy atom. The Kier molecular flexibility index (Phi) is 8.20. The first-order chi connectivity index (χ1) is 20.6. The maximum atomic E-state index is 13.9. The zero-order valence-corrected chi connectivity index (χ0v) is 24.6. The van der Waals surface area contributed by atoms with Crippen molar-refractivity contribution in [2.75, 3.05) is 4.90 Å². The molecule has 0 radical (unpaired) electrons. The topological polar surface area (TPSA) is 41.9 Å². The highest BCUT2D eigenvalue weighted by molar-refractivity contribution is 8.19. The molecule has 0 unspecified atom stereocenters. The van der Waals surface area contributed by atoms with Crippen LogP contribution in [0.3, 0.4) is 0 Å². The Labute approximate surface area is 251 Å². The Morgan fingerprint density at radius 2 is 1.38 bits per heavy atom. The molecule has 1 aliphatic heterocycles. The van der Waals surface area contributed by atoms with Crippen LogP contribution in [0, 0.1) is 0 Å². The predicted octanol–water partition coefficient (Wildman–Crippen LogP) is 9.35. The van der Waals surface area contributed by atoms with Crippen LogP contribution < -0.4 is 9.64 Å². The summed E-state index contributed by atoms with van der Waals surface area (Å²) >= 11 is 1.39. The standard InChI is InChI=1S/C37H32N2O2S/c1-3-26-14-19-32(20-15-26)38-37-39(33-21-16-27(4-2)17-22-33)36(40)35(42-37)24-31-11-7-8-12-34(31)41-25-28-13-18-29-9-5-6-10-30(29)23-28/h5-24H,3-4,25H2,1-2H3/b35-24-,38-37?. The van der Waals surface area contributed by atoms with Crippen molar-refractivity contribution in [2.24, 2.45) is 4.99 Å². The zero-order valence-electron chi connectivity index (χ0n) is 23.8. The van der Waals surface area contributed by atoms with Gasteiger partial charge in [0.25, 0.3) is 5.91 Å². The van der Waals surface area contributed by atoms with Crippen molar-refractivity contribution in [3.05, 3.63) is 142 Å². The van der Waals surface area contributed by atoms with E-state index in [1.165, 1.54) is 33.7 Å². The first-order valence-electron chi connectivity index (χ1n) is 14.3. The first-order valence-corrected chi connectivity index (χ1v) is 15.1. The van der Waals surface area contributed by atoms with Crippen LogP contribution in [0.25, 0.3) is 16.8 Å². The zero-order chi connectivity index (χ0) is 28.9. The van der Waals surface area contributed by atoms with Crippen molar-refractivity contribution in [1.29, 1.82) is 0 Å². The largest absolute Gasteiger partial charge is 0.488 e. The summed E-state index contributed by atoms with van der Waals surface area (Å²) in [4.78, 5) is 21.1. The van der Waals surface area contributed by atoms with Gasteiger partial charge in [-0.2, -0.15) is 0 Å². The number of carbonyl (C=O) groups is 1. The van der Waals surface area contributed by atoms with E-state index < -0.39 is 0 Å². The van der Waals surface area contributed by atoms with Gasteiger partial charge in [-0.3, -0.25) is 9.69 Å². The minimum absolute atomic E-state index is 0.0995. The van der Waals surface area contributed by atoms with Gasteiger partial charge in [0.1, 0.15) is 12.4 Å². The van der Waals surface area contributed by atoms with E-state index in [4.69, 9.17) is 9.73 Å². The third-order valence-electron chi connectivity index (χ3n) is 7.39. The molecule has 0 aliphatic carbocycles. The Balaban J connectivity index is 1.31. The Bertz CT molecular complexity index is 1790. The molecule has 208 valence electrons. The van der Waals surface area contributed by atoms with E-state index in [0.29, 0.717) is 16.7 Å². The molecule has 1 fully saturated rings. The number of nitrogens with zero attached hydrogens (tertiary/aromatic N) is 2. The second-order valence-electron chi connectivity index (χ2n) is 10.2. The van der Waals surface area contributed by atoms with Gasteiger partial charge in [-0.25, -0.2) is 4.99 Å². The third-order valence-corrected chi connectivity index (χ3v) is 8.36. The van der Waals surface area contributed by atoms with Crippen LogP contribution in [0.15, 0.2) is 125 Å². The highest BCUT2D eigenvalue weighted by Gasteiger charge is 2.35. The minimum Gasteiger partial charge on any atom is -0.488 e. The van der Waals surface area contributed by atoms with Gasteiger partial charge < -0.3 is 4.74 Å². The van der Waals surface area contributed by atoms with E-state index in [1.807, 2.05) is 66.7 Å². The van der Waals surface area contributed by atoms with E-state index >= 15 is 0 Å². The van der Waals surface area contributed by atoms with Gasteiger partial charge in [-0.05, 0) is 94.5 Å². The summed E-state index contributed by atoms with van der Waals surface area (Å²) in [7, 11) is 0. The van der Waals surface area contributed by atoms with Crippen molar-refractivity contribution >= 4 is 51.1 Å². The molecule has 1 aliphatic rings. The molecule has 0 bridgehead atoms. The number of hydrogen-bond donors (Lipinski definition) is 0. The van der Waals surface area contributed by atoms with Gasteiger partial charge in [-0.1, -0.05) is 92.7 Å². The third kappa shape index (κ3) is 6.02. The minimum atomic E-state index is -0.0995. The van der Waals surface area contributed by atoms with E-state index in [-0.39, 0.29) is 5.91 Å². The summed E-state index contributed by atoms with van der Waals surface area (Å²) in [6, 6.07) is 38.8. The molecule has 42 heavy (non-hydrogen) atoms. The van der Waals surface area contributed by atoms with Crippen LogP contribution in [-0.4, -0.2) is 11.1 Å². The van der Waals surface area contributed by atoms with E-state index in [0.717, 1.165) is 41.1 Å². The first kappa shape index (κ1) is 27.6. The van der Waals surface area contributed by atoms with Gasteiger partial charge in [0.05, 0.1) is 16.3 Å². The molecule has 5 aromatic rings. The van der Waals surface area contributed by atoms with Crippen LogP contribution in [0.2, 0.25) is 0 Å². The lowest BCUT2D eigenvalue weighted by atomic mass is 10.1. The average molecular weight is 569 g/mol. The average Bonchev–Trinajstić information content (AvgIpc) is 3.34. The molecule has 5 heteroatoms. The number of fused-ring (bicyclic) bond motifs is 1. The summed E-state index contributed by atoms with van der Waals surface area (Å²) < 4.78 is 6.29. The number of ether oxygens (including phenoxy) is 1. The number of benzene rings is 5. The molecule has 0 spiro atoms. The van der Waals surface area contributed by atoms with E-state index in [1.54, 1.807) is 4.90 Å². The molecule has 5 aromatic carbocycles. The number of rotatable bonds is 8. The lowest BCUT2D eigenvalue weighted by molar-refractivity contribution is -0.113. The van der Waals surface area contributed by atoms with Crippen LogP contribution in [-0.2, 0) is 24.2 Å². The van der Waals surface area contributed by atoms with Crippen LogP contribution in [0.1, 0.15) is 36.1 Å². The normalized spacial score (nSPS) is 15.2. The molecule has 0 N–H and O–H groups in total. The van der Waals surface area contributed by atoms with Gasteiger partial charge in [0, 0.05) is 5.56 Å². The number of anilines is 1. The maximum Gasteiger partial charge on any atom is 0.271 e. The lowest BCUT2D eigenvalue weighted by Crippen LogP contribution is -2.28. The highest BCUT2D eigenvalue weighted by atomic mass is 32.2. The van der Waals surface area contributed by atoms with E-state index in [2.05, 4.69) is 68.4 Å². The van der Waals surface area contributed by atoms with Gasteiger partial charge >= 0.3 is 0 Å². The summed E-state index contributed by atoms with van der Waals surface area (Å²) in [5.41, 5.74) is 6.04. The molecule has 0 saturated carbocycles. The summed E-state index contributed by atoms with van der Waals surface area (Å²) in [6.45, 7) is 4.69. The molecule has 6 rings (SSSR count). The smallest absolute Gasteiger partial charge is 0.271 e. The number of amidine groups is 1. The maximum absolute atomic E-state index is 13.9. The molecular weight excluding hydrogens is 536 g/mol.